The van der Waals surface area contributed by atoms with Crippen molar-refractivity contribution in [2.24, 2.45) is 17.6 Å². The lowest BCUT2D eigenvalue weighted by molar-refractivity contribution is -0.143. The Kier molecular flexibility index (Phi) is 5.25. The molecule has 0 bridgehead atoms. The molecule has 120 valence electrons. The molecule has 4 N–H and O–H groups in total. The van der Waals surface area contributed by atoms with E-state index in [0.29, 0.717) is 25.2 Å². The van der Waals surface area contributed by atoms with Crippen LogP contribution in [0.1, 0.15) is 64.7 Å². The van der Waals surface area contributed by atoms with Gasteiger partial charge in [0.15, 0.2) is 0 Å². The van der Waals surface area contributed by atoms with E-state index in [0.717, 1.165) is 38.5 Å². The summed E-state index contributed by atoms with van der Waals surface area (Å²) in [6.07, 6.45) is 7.82. The first-order chi connectivity index (χ1) is 9.92. The number of carboxylic acids is 1. The van der Waals surface area contributed by atoms with Crippen LogP contribution in [0.4, 0.5) is 0 Å². The number of aliphatic carboxylic acids is 1. The number of carbonyl (C=O) groups is 2. The molecule has 0 aliphatic heterocycles. The summed E-state index contributed by atoms with van der Waals surface area (Å²) in [6.45, 7) is 2.12. The van der Waals surface area contributed by atoms with E-state index in [1.165, 1.54) is 0 Å². The van der Waals surface area contributed by atoms with Gasteiger partial charge in [-0.1, -0.05) is 39.0 Å². The predicted octanol–water partition coefficient (Wildman–Crippen LogP) is 2.04. The maximum Gasteiger partial charge on any atom is 0.308 e. The molecule has 2 saturated carbocycles. The number of nitrogens with one attached hydrogen (secondary N) is 1. The van der Waals surface area contributed by atoms with Gasteiger partial charge < -0.3 is 16.2 Å². The predicted molar refractivity (Wildman–Crippen MR) is 80.7 cm³/mol. The smallest absolute Gasteiger partial charge is 0.308 e. The molecular weight excluding hydrogens is 268 g/mol. The first-order valence-electron chi connectivity index (χ1n) is 8.25. The third-order valence-electron chi connectivity index (χ3n) is 5.13. The lowest BCUT2D eigenvalue weighted by Gasteiger charge is -2.37. The minimum absolute atomic E-state index is 0.146. The van der Waals surface area contributed by atoms with Crippen molar-refractivity contribution < 1.29 is 14.7 Å². The number of carboxylic acid groups (broad SMARTS) is 1. The highest BCUT2D eigenvalue weighted by atomic mass is 16.4. The van der Waals surface area contributed by atoms with Crippen molar-refractivity contribution in [1.29, 1.82) is 0 Å². The normalized spacial score (nSPS) is 37.5. The molecule has 1 amide bonds. The lowest BCUT2D eigenvalue weighted by Crippen LogP contribution is -2.59. The van der Waals surface area contributed by atoms with Crippen LogP contribution in [0.2, 0.25) is 0 Å². The van der Waals surface area contributed by atoms with Gasteiger partial charge in [-0.05, 0) is 31.6 Å². The van der Waals surface area contributed by atoms with Gasteiger partial charge in [-0.15, -0.1) is 0 Å². The number of carbonyl (C=O) groups excluding carboxylic acids is 1. The Labute approximate surface area is 126 Å². The molecular formula is C16H28N2O3. The molecule has 0 heterocycles. The number of amides is 1. The zero-order valence-corrected chi connectivity index (χ0v) is 12.9. The van der Waals surface area contributed by atoms with E-state index in [1.807, 2.05) is 0 Å². The fourth-order valence-corrected chi connectivity index (χ4v) is 3.89. The molecule has 2 aliphatic carbocycles. The third-order valence-corrected chi connectivity index (χ3v) is 5.13. The van der Waals surface area contributed by atoms with Gasteiger partial charge >= 0.3 is 5.97 Å². The second-order valence-corrected chi connectivity index (χ2v) is 7.02. The Morgan fingerprint density at radius 2 is 1.86 bits per heavy atom. The van der Waals surface area contributed by atoms with E-state index < -0.39 is 17.4 Å². The SMILES string of the molecule is CC1CCCC(N)(C(=O)NC2CCCCCC2C(=O)O)C1. The number of hydrogen-bond donors (Lipinski definition) is 3. The zero-order chi connectivity index (χ0) is 15.5. The Morgan fingerprint density at radius 3 is 2.52 bits per heavy atom. The van der Waals surface area contributed by atoms with Crippen LogP contribution >= 0.6 is 0 Å². The van der Waals surface area contributed by atoms with Crippen molar-refractivity contribution in [3.63, 3.8) is 0 Å². The molecule has 0 spiro atoms. The summed E-state index contributed by atoms with van der Waals surface area (Å²) >= 11 is 0. The highest BCUT2D eigenvalue weighted by molar-refractivity contribution is 5.87. The number of nitrogens with two attached hydrogens (primary N) is 1. The summed E-state index contributed by atoms with van der Waals surface area (Å²) in [5.41, 5.74) is 5.50. The van der Waals surface area contributed by atoms with Gasteiger partial charge in [-0.2, -0.15) is 0 Å². The first-order valence-corrected chi connectivity index (χ1v) is 8.25. The molecule has 4 atom stereocenters. The molecule has 2 rings (SSSR count). The largest absolute Gasteiger partial charge is 0.481 e. The van der Waals surface area contributed by atoms with Gasteiger partial charge in [0.1, 0.15) is 0 Å². The maximum atomic E-state index is 12.6. The van der Waals surface area contributed by atoms with E-state index in [2.05, 4.69) is 12.2 Å². The summed E-state index contributed by atoms with van der Waals surface area (Å²) in [7, 11) is 0. The topological polar surface area (TPSA) is 92.4 Å². The van der Waals surface area contributed by atoms with Crippen LogP contribution in [0.25, 0.3) is 0 Å². The standard InChI is InChI=1S/C16H28N2O3/c1-11-6-5-9-16(17,10-11)15(21)18-13-8-4-2-3-7-12(13)14(19)20/h11-13H,2-10,17H2,1H3,(H,18,21)(H,19,20). The molecule has 0 saturated heterocycles. The Balaban J connectivity index is 2.03. The summed E-state index contributed by atoms with van der Waals surface area (Å²) in [5.74, 6) is -0.961. The highest BCUT2D eigenvalue weighted by Gasteiger charge is 2.40. The van der Waals surface area contributed by atoms with Crippen LogP contribution in [-0.4, -0.2) is 28.6 Å². The van der Waals surface area contributed by atoms with Gasteiger partial charge in [-0.25, -0.2) is 0 Å². The fourth-order valence-electron chi connectivity index (χ4n) is 3.89. The molecule has 0 aromatic rings. The quantitative estimate of drug-likeness (QED) is 0.695. The van der Waals surface area contributed by atoms with Crippen molar-refractivity contribution >= 4 is 11.9 Å². The first kappa shape index (κ1) is 16.3. The average Bonchev–Trinajstić information content (AvgIpc) is 2.64. The zero-order valence-electron chi connectivity index (χ0n) is 12.9. The molecule has 4 unspecified atom stereocenters. The van der Waals surface area contributed by atoms with Gasteiger partial charge in [0.2, 0.25) is 5.91 Å². The minimum Gasteiger partial charge on any atom is -0.481 e. The molecule has 2 aliphatic rings. The molecule has 2 fully saturated rings. The Hall–Kier alpha value is -1.10. The van der Waals surface area contributed by atoms with Crippen LogP contribution in [-0.2, 0) is 9.59 Å². The summed E-state index contributed by atoms with van der Waals surface area (Å²) in [4.78, 5) is 24.0. The summed E-state index contributed by atoms with van der Waals surface area (Å²) in [6, 6.07) is -0.268. The van der Waals surface area contributed by atoms with Gasteiger partial charge in [0, 0.05) is 6.04 Å². The van der Waals surface area contributed by atoms with Crippen molar-refractivity contribution in [2.75, 3.05) is 0 Å². The lowest BCUT2D eigenvalue weighted by atomic mass is 9.76. The second kappa shape index (κ2) is 6.77. The third kappa shape index (κ3) is 3.96. The maximum absolute atomic E-state index is 12.6. The van der Waals surface area contributed by atoms with E-state index in [4.69, 9.17) is 5.73 Å². The van der Waals surface area contributed by atoms with Crippen LogP contribution in [0, 0.1) is 11.8 Å². The van der Waals surface area contributed by atoms with Crippen molar-refractivity contribution in [3.05, 3.63) is 0 Å². The molecule has 5 heteroatoms. The fraction of sp³-hybridized carbons (Fsp3) is 0.875. The number of hydrogen-bond acceptors (Lipinski definition) is 3. The van der Waals surface area contributed by atoms with E-state index >= 15 is 0 Å². The molecule has 0 radical (unpaired) electrons. The van der Waals surface area contributed by atoms with Crippen molar-refractivity contribution in [1.82, 2.24) is 5.32 Å². The van der Waals surface area contributed by atoms with Gasteiger partial charge in [-0.3, -0.25) is 9.59 Å². The molecule has 21 heavy (non-hydrogen) atoms. The van der Waals surface area contributed by atoms with Gasteiger partial charge in [0.05, 0.1) is 11.5 Å². The van der Waals surface area contributed by atoms with E-state index in [9.17, 15) is 14.7 Å². The van der Waals surface area contributed by atoms with Crippen LogP contribution < -0.4 is 11.1 Å². The van der Waals surface area contributed by atoms with Crippen LogP contribution in [0.15, 0.2) is 0 Å². The Morgan fingerprint density at radius 1 is 1.14 bits per heavy atom. The molecule has 0 aromatic heterocycles. The minimum atomic E-state index is -0.812. The van der Waals surface area contributed by atoms with Crippen molar-refractivity contribution in [3.8, 4) is 0 Å². The monoisotopic (exact) mass is 296 g/mol. The van der Waals surface area contributed by atoms with E-state index in [1.54, 1.807) is 0 Å². The average molecular weight is 296 g/mol. The molecule has 5 nitrogen and oxygen atoms in total. The Bertz CT molecular complexity index is 399. The molecule has 0 aromatic carbocycles. The number of rotatable bonds is 3. The van der Waals surface area contributed by atoms with E-state index in [-0.39, 0.29) is 11.9 Å². The van der Waals surface area contributed by atoms with Gasteiger partial charge in [0.25, 0.3) is 0 Å². The highest BCUT2D eigenvalue weighted by Crippen LogP contribution is 2.31. The van der Waals surface area contributed by atoms with Crippen LogP contribution in [0.3, 0.4) is 0 Å². The summed E-state index contributed by atoms with van der Waals surface area (Å²) in [5, 5.41) is 12.4. The second-order valence-electron chi connectivity index (χ2n) is 7.02. The van der Waals surface area contributed by atoms with Crippen molar-refractivity contribution in [2.45, 2.75) is 76.3 Å². The van der Waals surface area contributed by atoms with Crippen LogP contribution in [0.5, 0.6) is 0 Å². The summed E-state index contributed by atoms with van der Waals surface area (Å²) < 4.78 is 0.